The number of rotatable bonds is 5. The first-order valence-corrected chi connectivity index (χ1v) is 6.72. The van der Waals surface area contributed by atoms with Crippen LogP contribution in [0.2, 0.25) is 0 Å². The molecule has 4 nitrogen and oxygen atoms in total. The van der Waals surface area contributed by atoms with Crippen molar-refractivity contribution in [2.75, 3.05) is 19.1 Å². The maximum Gasteiger partial charge on any atom is 0.165 e. The third kappa shape index (κ3) is 2.54. The fraction of sp³-hybridized carbons (Fsp3) is 0.889. The Balaban J connectivity index is 2.50. The van der Waals surface area contributed by atoms with Crippen LogP contribution in [0.5, 0.6) is 0 Å². The van der Waals surface area contributed by atoms with E-state index in [1.807, 2.05) is 0 Å². The molecule has 5 heteroatoms. The third-order valence-corrected chi connectivity index (χ3v) is 3.71. The highest BCUT2D eigenvalue weighted by molar-refractivity contribution is 7.90. The van der Waals surface area contributed by atoms with E-state index in [1.54, 1.807) is 0 Å². The number of ether oxygens (including phenoxy) is 1. The number of hydrogen-bond acceptors (Lipinski definition) is 4. The second-order valence-electron chi connectivity index (χ2n) is 3.86. The van der Waals surface area contributed by atoms with E-state index in [-0.39, 0.29) is 18.0 Å². The number of carbonyl (C=O) groups excluding carboxylic acids is 1. The lowest BCUT2D eigenvalue weighted by Gasteiger charge is -2.38. The first-order chi connectivity index (χ1) is 6.40. The van der Waals surface area contributed by atoms with Gasteiger partial charge in [0, 0.05) is 19.8 Å². The van der Waals surface area contributed by atoms with Crippen molar-refractivity contribution in [1.29, 1.82) is 0 Å². The van der Waals surface area contributed by atoms with Crippen LogP contribution in [0.4, 0.5) is 0 Å². The first-order valence-electron chi connectivity index (χ1n) is 4.66. The van der Waals surface area contributed by atoms with Crippen LogP contribution in [0, 0.1) is 0 Å². The average molecular weight is 220 g/mol. The smallest absolute Gasteiger partial charge is 0.165 e. The molecule has 0 atom stereocenters. The van der Waals surface area contributed by atoms with Crippen molar-refractivity contribution < 1.29 is 17.9 Å². The molecule has 0 bridgehead atoms. The summed E-state index contributed by atoms with van der Waals surface area (Å²) in [7, 11) is -1.54. The molecular weight excluding hydrogens is 204 g/mol. The van der Waals surface area contributed by atoms with Gasteiger partial charge in [-0.25, -0.2) is 8.42 Å². The van der Waals surface area contributed by atoms with Gasteiger partial charge in [-0.2, -0.15) is 0 Å². The van der Waals surface area contributed by atoms with Gasteiger partial charge in [0.15, 0.2) is 5.78 Å². The molecule has 0 N–H and O–H groups in total. The van der Waals surface area contributed by atoms with E-state index in [4.69, 9.17) is 4.74 Å². The Kier molecular flexibility index (Phi) is 3.32. The molecule has 14 heavy (non-hydrogen) atoms. The van der Waals surface area contributed by atoms with Crippen LogP contribution in [-0.2, 0) is 19.4 Å². The normalized spacial score (nSPS) is 20.1. The van der Waals surface area contributed by atoms with Crippen molar-refractivity contribution in [3.8, 4) is 0 Å². The number of methoxy groups -OCH3 is 1. The molecule has 0 aromatic heterocycles. The SMILES string of the molecule is COC1(C(=O)CCS(C)(=O)=O)CCC1. The van der Waals surface area contributed by atoms with Gasteiger partial charge in [-0.05, 0) is 19.3 Å². The van der Waals surface area contributed by atoms with E-state index in [2.05, 4.69) is 0 Å². The molecule has 0 unspecified atom stereocenters. The van der Waals surface area contributed by atoms with Crippen molar-refractivity contribution in [2.45, 2.75) is 31.3 Å². The number of ketones is 1. The molecular formula is C9H16O4S. The lowest BCUT2D eigenvalue weighted by molar-refractivity contribution is -0.151. The lowest BCUT2D eigenvalue weighted by atomic mass is 9.76. The summed E-state index contributed by atoms with van der Waals surface area (Å²) < 4.78 is 26.9. The van der Waals surface area contributed by atoms with E-state index in [9.17, 15) is 13.2 Å². The standard InChI is InChI=1S/C9H16O4S/c1-13-9(5-3-6-9)8(10)4-7-14(2,11)12/h3-7H2,1-2H3. The maximum absolute atomic E-state index is 11.6. The van der Waals surface area contributed by atoms with Crippen LogP contribution in [0.25, 0.3) is 0 Å². The quantitative estimate of drug-likeness (QED) is 0.679. The fourth-order valence-electron chi connectivity index (χ4n) is 1.60. The van der Waals surface area contributed by atoms with Gasteiger partial charge in [0.25, 0.3) is 0 Å². The maximum atomic E-state index is 11.6. The predicted molar refractivity (Wildman–Crippen MR) is 52.9 cm³/mol. The van der Waals surface area contributed by atoms with E-state index in [1.165, 1.54) is 7.11 Å². The second kappa shape index (κ2) is 3.98. The van der Waals surface area contributed by atoms with Gasteiger partial charge in [0.2, 0.25) is 0 Å². The lowest BCUT2D eigenvalue weighted by Crippen LogP contribution is -2.47. The molecule has 1 fully saturated rings. The minimum Gasteiger partial charge on any atom is -0.370 e. The largest absolute Gasteiger partial charge is 0.370 e. The monoisotopic (exact) mass is 220 g/mol. The molecule has 1 saturated carbocycles. The summed E-state index contributed by atoms with van der Waals surface area (Å²) in [6, 6.07) is 0. The summed E-state index contributed by atoms with van der Waals surface area (Å²) >= 11 is 0. The van der Waals surface area contributed by atoms with Gasteiger partial charge >= 0.3 is 0 Å². The van der Waals surface area contributed by atoms with E-state index in [0.717, 1.165) is 25.5 Å². The van der Waals surface area contributed by atoms with Gasteiger partial charge < -0.3 is 4.74 Å². The van der Waals surface area contributed by atoms with Crippen LogP contribution in [0.3, 0.4) is 0 Å². The molecule has 0 saturated heterocycles. The van der Waals surface area contributed by atoms with Gasteiger partial charge in [-0.3, -0.25) is 4.79 Å². The summed E-state index contributed by atoms with van der Waals surface area (Å²) in [5, 5.41) is 0. The molecule has 0 amide bonds. The van der Waals surface area contributed by atoms with E-state index >= 15 is 0 Å². The minimum absolute atomic E-state index is 0.0725. The highest BCUT2D eigenvalue weighted by Crippen LogP contribution is 2.36. The van der Waals surface area contributed by atoms with Gasteiger partial charge in [0.1, 0.15) is 15.4 Å². The molecule has 0 aliphatic heterocycles. The van der Waals surface area contributed by atoms with Crippen molar-refractivity contribution >= 4 is 15.6 Å². The van der Waals surface area contributed by atoms with E-state index in [0.29, 0.717) is 0 Å². The molecule has 1 rings (SSSR count). The van der Waals surface area contributed by atoms with Gasteiger partial charge in [-0.1, -0.05) is 0 Å². The molecule has 0 heterocycles. The summed E-state index contributed by atoms with van der Waals surface area (Å²) in [6.45, 7) is 0. The Morgan fingerprint density at radius 3 is 2.29 bits per heavy atom. The van der Waals surface area contributed by atoms with E-state index < -0.39 is 15.4 Å². The van der Waals surface area contributed by atoms with Crippen LogP contribution < -0.4 is 0 Å². The Morgan fingerprint density at radius 2 is 2.00 bits per heavy atom. The molecule has 0 aromatic carbocycles. The minimum atomic E-state index is -3.05. The Morgan fingerprint density at radius 1 is 1.43 bits per heavy atom. The van der Waals surface area contributed by atoms with Crippen molar-refractivity contribution in [2.24, 2.45) is 0 Å². The highest BCUT2D eigenvalue weighted by atomic mass is 32.2. The molecule has 0 spiro atoms. The van der Waals surface area contributed by atoms with Crippen LogP contribution in [0.1, 0.15) is 25.7 Å². The summed E-state index contributed by atoms with van der Waals surface area (Å²) in [4.78, 5) is 11.6. The zero-order chi connectivity index (χ0) is 10.8. The number of Topliss-reactive ketones (excluding diaryl/α,β-unsaturated/α-hetero) is 1. The summed E-state index contributed by atoms with van der Waals surface area (Å²) in [6.07, 6.45) is 3.66. The Labute approximate surface area is 84.6 Å². The van der Waals surface area contributed by atoms with Crippen molar-refractivity contribution in [3.05, 3.63) is 0 Å². The average Bonchev–Trinajstić information content (AvgIpc) is 1.98. The van der Waals surface area contributed by atoms with Gasteiger partial charge in [0.05, 0.1) is 5.75 Å². The summed E-state index contributed by atoms with van der Waals surface area (Å²) in [5.41, 5.74) is -0.662. The predicted octanol–water partition coefficient (Wildman–Crippen LogP) is 0.559. The Hall–Kier alpha value is -0.420. The molecule has 1 aliphatic carbocycles. The molecule has 82 valence electrons. The number of carbonyl (C=O) groups is 1. The van der Waals surface area contributed by atoms with Gasteiger partial charge in [-0.15, -0.1) is 0 Å². The Bertz CT molecular complexity index is 308. The zero-order valence-electron chi connectivity index (χ0n) is 8.58. The molecule has 1 aliphatic rings. The first kappa shape index (κ1) is 11.7. The fourth-order valence-corrected chi connectivity index (χ4v) is 2.16. The third-order valence-electron chi connectivity index (χ3n) is 2.76. The van der Waals surface area contributed by atoms with Crippen LogP contribution >= 0.6 is 0 Å². The molecule has 0 radical (unpaired) electrons. The highest BCUT2D eigenvalue weighted by Gasteiger charge is 2.43. The summed E-state index contributed by atoms with van der Waals surface area (Å²) in [5.74, 6) is -0.145. The second-order valence-corrected chi connectivity index (χ2v) is 6.11. The molecule has 0 aromatic rings. The van der Waals surface area contributed by atoms with Crippen molar-refractivity contribution in [1.82, 2.24) is 0 Å². The topological polar surface area (TPSA) is 60.4 Å². The zero-order valence-corrected chi connectivity index (χ0v) is 9.39. The van der Waals surface area contributed by atoms with Crippen molar-refractivity contribution in [3.63, 3.8) is 0 Å². The number of sulfone groups is 1. The van der Waals surface area contributed by atoms with Crippen LogP contribution in [-0.4, -0.2) is 38.9 Å². The van der Waals surface area contributed by atoms with Crippen LogP contribution in [0.15, 0.2) is 0 Å². The number of hydrogen-bond donors (Lipinski definition) is 0.